The summed E-state index contributed by atoms with van der Waals surface area (Å²) in [5, 5.41) is 9.73. The highest BCUT2D eigenvalue weighted by molar-refractivity contribution is 5.79. The molecule has 1 fully saturated rings. The van der Waals surface area contributed by atoms with E-state index in [1.54, 1.807) is 0 Å². The lowest BCUT2D eigenvalue weighted by Crippen LogP contribution is -2.43. The Morgan fingerprint density at radius 1 is 1.53 bits per heavy atom. The highest BCUT2D eigenvalue weighted by Gasteiger charge is 2.35. The van der Waals surface area contributed by atoms with Gasteiger partial charge in [-0.1, -0.05) is 20.3 Å². The summed E-state index contributed by atoms with van der Waals surface area (Å²) < 4.78 is 0. The van der Waals surface area contributed by atoms with E-state index < -0.39 is 0 Å². The van der Waals surface area contributed by atoms with Crippen LogP contribution in [0.4, 0.5) is 0 Å². The van der Waals surface area contributed by atoms with Gasteiger partial charge in [-0.25, -0.2) is 0 Å². The Bertz CT molecular complexity index is 256. The molecule has 0 aromatic rings. The molecule has 4 heteroatoms. The average Bonchev–Trinajstić information content (AvgIpc) is 2.57. The number of likely N-dealkylation sites (tertiary alicyclic amines) is 1. The fourth-order valence-corrected chi connectivity index (χ4v) is 2.60. The van der Waals surface area contributed by atoms with E-state index >= 15 is 0 Å². The van der Waals surface area contributed by atoms with Crippen molar-refractivity contribution in [3.8, 4) is 0 Å². The molecule has 100 valence electrons. The molecule has 0 aliphatic carbocycles. The Hall–Kier alpha value is -0.610. The Kier molecular flexibility index (Phi) is 5.40. The van der Waals surface area contributed by atoms with E-state index in [0.29, 0.717) is 13.0 Å². The lowest BCUT2D eigenvalue weighted by atomic mass is 10.0. The number of rotatable bonds is 5. The van der Waals surface area contributed by atoms with Crippen LogP contribution in [0.1, 0.15) is 33.1 Å². The van der Waals surface area contributed by atoms with Gasteiger partial charge in [0.25, 0.3) is 0 Å². The van der Waals surface area contributed by atoms with Crippen molar-refractivity contribution in [2.75, 3.05) is 27.2 Å². The summed E-state index contributed by atoms with van der Waals surface area (Å²) in [6.45, 7) is 5.43. The number of β-amino-alcohol motifs (C(OH)–C–C–N with tert-alkyl or cyclic N) is 1. The topological polar surface area (TPSA) is 43.8 Å². The molecular weight excluding hydrogens is 216 g/mol. The van der Waals surface area contributed by atoms with E-state index in [9.17, 15) is 9.90 Å². The van der Waals surface area contributed by atoms with Gasteiger partial charge in [0.05, 0.1) is 6.10 Å². The Morgan fingerprint density at radius 2 is 2.18 bits per heavy atom. The fraction of sp³-hybridized carbons (Fsp3) is 0.923. The first kappa shape index (κ1) is 14.5. The molecule has 1 rings (SSSR count). The van der Waals surface area contributed by atoms with Gasteiger partial charge in [0.2, 0.25) is 5.91 Å². The van der Waals surface area contributed by atoms with Crippen molar-refractivity contribution in [2.24, 2.45) is 5.92 Å². The third kappa shape index (κ3) is 3.96. The van der Waals surface area contributed by atoms with Crippen LogP contribution < -0.4 is 0 Å². The van der Waals surface area contributed by atoms with Gasteiger partial charge in [-0.3, -0.25) is 4.79 Å². The van der Waals surface area contributed by atoms with Gasteiger partial charge >= 0.3 is 0 Å². The van der Waals surface area contributed by atoms with Gasteiger partial charge in [-0.2, -0.15) is 0 Å². The Labute approximate surface area is 105 Å². The summed E-state index contributed by atoms with van der Waals surface area (Å²) in [7, 11) is 4.01. The lowest BCUT2D eigenvalue weighted by Gasteiger charge is -2.29. The number of carbonyl (C=O) groups excluding carboxylic acids is 1. The second kappa shape index (κ2) is 6.36. The van der Waals surface area contributed by atoms with Crippen molar-refractivity contribution < 1.29 is 9.90 Å². The molecule has 4 nitrogen and oxygen atoms in total. The molecule has 1 amide bonds. The van der Waals surface area contributed by atoms with Crippen molar-refractivity contribution in [3.63, 3.8) is 0 Å². The zero-order valence-corrected chi connectivity index (χ0v) is 11.5. The standard InChI is InChI=1S/C13H26N2O2/c1-5-6-10(2)13(17)15-9-12(16)7-11(15)8-14(3)4/h10-12,16H,5-9H2,1-4H3. The minimum Gasteiger partial charge on any atom is -0.391 e. The average molecular weight is 242 g/mol. The summed E-state index contributed by atoms with van der Waals surface area (Å²) in [4.78, 5) is 16.2. The zero-order chi connectivity index (χ0) is 13.0. The normalized spacial score (nSPS) is 26.6. The minimum atomic E-state index is -0.349. The molecule has 1 heterocycles. The van der Waals surface area contributed by atoms with Crippen LogP contribution in [0.5, 0.6) is 0 Å². The lowest BCUT2D eigenvalue weighted by molar-refractivity contribution is -0.136. The second-order valence-electron chi connectivity index (χ2n) is 5.49. The maximum absolute atomic E-state index is 12.3. The van der Waals surface area contributed by atoms with Gasteiger partial charge in [-0.05, 0) is 26.9 Å². The van der Waals surface area contributed by atoms with Gasteiger partial charge in [0.1, 0.15) is 0 Å². The predicted molar refractivity (Wildman–Crippen MR) is 68.8 cm³/mol. The zero-order valence-electron chi connectivity index (χ0n) is 11.5. The van der Waals surface area contributed by atoms with Gasteiger partial charge < -0.3 is 14.9 Å². The number of amides is 1. The van der Waals surface area contributed by atoms with Crippen LogP contribution in [0.3, 0.4) is 0 Å². The number of hydrogen-bond donors (Lipinski definition) is 1. The molecule has 0 spiro atoms. The Balaban J connectivity index is 2.62. The van der Waals surface area contributed by atoms with Crippen LogP contribution in [0.25, 0.3) is 0 Å². The molecule has 0 saturated carbocycles. The van der Waals surface area contributed by atoms with Crippen LogP contribution >= 0.6 is 0 Å². The number of carbonyl (C=O) groups is 1. The monoisotopic (exact) mass is 242 g/mol. The molecule has 0 aromatic heterocycles. The van der Waals surface area contributed by atoms with Gasteiger partial charge in [0.15, 0.2) is 0 Å². The molecule has 0 aromatic carbocycles. The number of aliphatic hydroxyl groups is 1. The van der Waals surface area contributed by atoms with Crippen molar-refractivity contribution in [2.45, 2.75) is 45.3 Å². The van der Waals surface area contributed by atoms with E-state index in [0.717, 1.165) is 19.4 Å². The first-order chi connectivity index (χ1) is 7.95. The van der Waals surface area contributed by atoms with E-state index in [1.807, 2.05) is 25.9 Å². The number of nitrogens with zero attached hydrogens (tertiary/aromatic N) is 2. The number of likely N-dealkylation sites (N-methyl/N-ethyl adjacent to an activating group) is 1. The highest BCUT2D eigenvalue weighted by atomic mass is 16.3. The van der Waals surface area contributed by atoms with E-state index in [-0.39, 0.29) is 24.0 Å². The molecule has 1 aliphatic rings. The molecule has 17 heavy (non-hydrogen) atoms. The van der Waals surface area contributed by atoms with Crippen molar-refractivity contribution in [3.05, 3.63) is 0 Å². The predicted octanol–water partition coefficient (Wildman–Crippen LogP) is 0.946. The maximum atomic E-state index is 12.3. The van der Waals surface area contributed by atoms with Crippen LogP contribution in [-0.2, 0) is 4.79 Å². The fourth-order valence-electron chi connectivity index (χ4n) is 2.60. The molecule has 3 atom stereocenters. The highest BCUT2D eigenvalue weighted by Crippen LogP contribution is 2.22. The third-order valence-electron chi connectivity index (χ3n) is 3.39. The molecule has 0 bridgehead atoms. The second-order valence-corrected chi connectivity index (χ2v) is 5.49. The van der Waals surface area contributed by atoms with Crippen molar-refractivity contribution >= 4 is 5.91 Å². The SMILES string of the molecule is CCCC(C)C(=O)N1CC(O)CC1CN(C)C. The van der Waals surface area contributed by atoms with Gasteiger partial charge in [-0.15, -0.1) is 0 Å². The summed E-state index contributed by atoms with van der Waals surface area (Å²) in [5.74, 6) is 0.283. The summed E-state index contributed by atoms with van der Waals surface area (Å²) in [6, 6.07) is 0.173. The third-order valence-corrected chi connectivity index (χ3v) is 3.39. The molecule has 1 aliphatic heterocycles. The summed E-state index contributed by atoms with van der Waals surface area (Å²) in [5.41, 5.74) is 0. The van der Waals surface area contributed by atoms with Crippen molar-refractivity contribution in [1.82, 2.24) is 9.80 Å². The van der Waals surface area contributed by atoms with Crippen LogP contribution in [0.15, 0.2) is 0 Å². The Morgan fingerprint density at radius 3 is 2.71 bits per heavy atom. The smallest absolute Gasteiger partial charge is 0.225 e. The summed E-state index contributed by atoms with van der Waals surface area (Å²) in [6.07, 6.45) is 2.32. The van der Waals surface area contributed by atoms with Crippen LogP contribution in [0.2, 0.25) is 0 Å². The quantitative estimate of drug-likeness (QED) is 0.780. The molecule has 1 saturated heterocycles. The molecule has 3 unspecified atom stereocenters. The first-order valence-corrected chi connectivity index (χ1v) is 6.59. The summed E-state index contributed by atoms with van der Waals surface area (Å²) >= 11 is 0. The van der Waals surface area contributed by atoms with Gasteiger partial charge in [0, 0.05) is 25.0 Å². The van der Waals surface area contributed by atoms with E-state index in [4.69, 9.17) is 0 Å². The van der Waals surface area contributed by atoms with Crippen LogP contribution in [-0.4, -0.2) is 60.1 Å². The van der Waals surface area contributed by atoms with E-state index in [2.05, 4.69) is 11.8 Å². The van der Waals surface area contributed by atoms with Crippen LogP contribution in [0, 0.1) is 5.92 Å². The number of hydrogen-bond acceptors (Lipinski definition) is 3. The maximum Gasteiger partial charge on any atom is 0.225 e. The molecule has 1 N–H and O–H groups in total. The number of aliphatic hydroxyl groups excluding tert-OH is 1. The molecular formula is C13H26N2O2. The molecule has 0 radical (unpaired) electrons. The first-order valence-electron chi connectivity index (χ1n) is 6.59. The largest absolute Gasteiger partial charge is 0.391 e. The van der Waals surface area contributed by atoms with E-state index in [1.165, 1.54) is 0 Å². The minimum absolute atomic E-state index is 0.0787. The van der Waals surface area contributed by atoms with Crippen molar-refractivity contribution in [1.29, 1.82) is 0 Å².